The molecule has 0 heterocycles. The quantitative estimate of drug-likeness (QED) is 0.430. The van der Waals surface area contributed by atoms with E-state index in [1.54, 1.807) is 6.08 Å². The Morgan fingerprint density at radius 1 is 0.767 bits per heavy atom. The Kier molecular flexibility index (Phi) is 6.05. The number of aliphatic hydroxyl groups is 1. The molecule has 0 aromatic heterocycles. The summed E-state index contributed by atoms with van der Waals surface area (Å²) < 4.78 is 0. The smallest absolute Gasteiger partial charge is 0.0490 e. The Hall–Kier alpha value is -0.300. The molecule has 0 aromatic rings. The lowest BCUT2D eigenvalue weighted by atomic mass is 9.36. The minimum absolute atomic E-state index is 0.318. The van der Waals surface area contributed by atoms with Gasteiger partial charge in [-0.05, 0) is 122 Å². The topological polar surface area (TPSA) is 20.2 Å². The van der Waals surface area contributed by atoms with Gasteiger partial charge < -0.3 is 5.11 Å². The molecule has 5 rings (SSSR count). The van der Waals surface area contributed by atoms with Gasteiger partial charge in [0.15, 0.2) is 0 Å². The van der Waals surface area contributed by atoms with E-state index in [9.17, 15) is 5.11 Å². The second-order valence-electron chi connectivity index (χ2n) is 13.3. The van der Waals surface area contributed by atoms with Crippen molar-refractivity contribution in [1.82, 2.24) is 0 Å². The molecule has 5 aliphatic rings. The van der Waals surface area contributed by atoms with E-state index in [1.165, 1.54) is 77.0 Å². The summed E-state index contributed by atoms with van der Waals surface area (Å²) in [6, 6.07) is 0. The number of hydrogen-bond donors (Lipinski definition) is 1. The Labute approximate surface area is 187 Å². The SMILES string of the molecule is C=CC.CC1(C)CCCC2(C)C1CCC1(C)C3CCC4(CO)CCCC4C3CCC12. The van der Waals surface area contributed by atoms with Crippen LogP contribution in [0.15, 0.2) is 12.7 Å². The van der Waals surface area contributed by atoms with Crippen molar-refractivity contribution in [2.45, 2.75) is 112 Å². The minimum atomic E-state index is 0.318. The predicted octanol–water partition coefficient (Wildman–Crippen LogP) is 8.03. The maximum absolute atomic E-state index is 10.3. The molecular weight excluding hydrogens is 364 g/mol. The molecule has 5 saturated carbocycles. The van der Waals surface area contributed by atoms with Crippen LogP contribution in [-0.4, -0.2) is 11.7 Å². The normalized spacial score (nSPS) is 51.3. The van der Waals surface area contributed by atoms with Crippen LogP contribution in [0.4, 0.5) is 0 Å². The van der Waals surface area contributed by atoms with Gasteiger partial charge in [-0.3, -0.25) is 0 Å². The average molecular weight is 415 g/mol. The summed E-state index contributed by atoms with van der Waals surface area (Å²) in [7, 11) is 0. The number of allylic oxidation sites excluding steroid dienone is 1. The third kappa shape index (κ3) is 3.19. The van der Waals surface area contributed by atoms with Crippen molar-refractivity contribution in [3.63, 3.8) is 0 Å². The van der Waals surface area contributed by atoms with Crippen LogP contribution in [0.25, 0.3) is 0 Å². The predicted molar refractivity (Wildman–Crippen MR) is 128 cm³/mol. The second-order valence-corrected chi connectivity index (χ2v) is 13.3. The van der Waals surface area contributed by atoms with Crippen LogP contribution in [0, 0.1) is 51.2 Å². The number of rotatable bonds is 1. The Bertz CT molecular complexity index is 636. The van der Waals surface area contributed by atoms with Crippen molar-refractivity contribution in [2.24, 2.45) is 51.2 Å². The van der Waals surface area contributed by atoms with E-state index in [0.717, 1.165) is 29.6 Å². The largest absolute Gasteiger partial charge is 0.396 e. The molecule has 0 bridgehead atoms. The van der Waals surface area contributed by atoms with Gasteiger partial charge in [0, 0.05) is 6.61 Å². The first-order valence-electron chi connectivity index (χ1n) is 13.4. The van der Waals surface area contributed by atoms with Crippen molar-refractivity contribution in [1.29, 1.82) is 0 Å². The average Bonchev–Trinajstić information content (AvgIpc) is 3.12. The Morgan fingerprint density at radius 3 is 2.20 bits per heavy atom. The number of hydrogen-bond acceptors (Lipinski definition) is 1. The maximum atomic E-state index is 10.3. The summed E-state index contributed by atoms with van der Waals surface area (Å²) >= 11 is 0. The number of aliphatic hydroxyl groups excluding tert-OH is 1. The molecular formula is C29H50O. The van der Waals surface area contributed by atoms with Gasteiger partial charge in [-0.25, -0.2) is 0 Å². The van der Waals surface area contributed by atoms with Crippen LogP contribution >= 0.6 is 0 Å². The molecule has 0 amide bonds. The zero-order valence-corrected chi connectivity index (χ0v) is 20.8. The van der Waals surface area contributed by atoms with Crippen LogP contribution < -0.4 is 0 Å². The van der Waals surface area contributed by atoms with E-state index in [-0.39, 0.29) is 0 Å². The van der Waals surface area contributed by atoms with Crippen molar-refractivity contribution < 1.29 is 5.11 Å². The monoisotopic (exact) mass is 414 g/mol. The van der Waals surface area contributed by atoms with Gasteiger partial charge in [0.25, 0.3) is 0 Å². The fourth-order valence-corrected chi connectivity index (χ4v) is 10.7. The fraction of sp³-hybridized carbons (Fsp3) is 0.931. The molecule has 5 aliphatic carbocycles. The van der Waals surface area contributed by atoms with Crippen LogP contribution in [0.5, 0.6) is 0 Å². The van der Waals surface area contributed by atoms with Crippen molar-refractivity contribution >= 4 is 0 Å². The van der Waals surface area contributed by atoms with Crippen molar-refractivity contribution in [2.75, 3.05) is 6.61 Å². The Morgan fingerprint density at radius 2 is 1.50 bits per heavy atom. The Balaban J connectivity index is 0.000000687. The van der Waals surface area contributed by atoms with Crippen LogP contribution in [-0.2, 0) is 0 Å². The zero-order valence-electron chi connectivity index (χ0n) is 20.8. The van der Waals surface area contributed by atoms with Gasteiger partial charge in [-0.2, -0.15) is 0 Å². The van der Waals surface area contributed by atoms with Crippen molar-refractivity contribution in [3.05, 3.63) is 12.7 Å². The first-order valence-corrected chi connectivity index (χ1v) is 13.4. The van der Waals surface area contributed by atoms with Crippen LogP contribution in [0.1, 0.15) is 112 Å². The van der Waals surface area contributed by atoms with Crippen LogP contribution in [0.2, 0.25) is 0 Å². The third-order valence-electron chi connectivity index (χ3n) is 11.8. The second kappa shape index (κ2) is 7.93. The highest BCUT2D eigenvalue weighted by Gasteiger charge is 2.65. The van der Waals surface area contributed by atoms with E-state index in [0.29, 0.717) is 28.3 Å². The zero-order chi connectivity index (χ0) is 21.8. The lowest BCUT2D eigenvalue weighted by Crippen LogP contribution is -2.61. The minimum Gasteiger partial charge on any atom is -0.396 e. The van der Waals surface area contributed by atoms with E-state index >= 15 is 0 Å². The van der Waals surface area contributed by atoms with Gasteiger partial charge >= 0.3 is 0 Å². The number of fused-ring (bicyclic) bond motifs is 7. The molecule has 30 heavy (non-hydrogen) atoms. The summed E-state index contributed by atoms with van der Waals surface area (Å²) in [6.07, 6.45) is 18.9. The lowest BCUT2D eigenvalue weighted by molar-refractivity contribution is -0.197. The molecule has 0 saturated heterocycles. The maximum Gasteiger partial charge on any atom is 0.0490 e. The molecule has 8 atom stereocenters. The summed E-state index contributed by atoms with van der Waals surface area (Å²) in [5.41, 5.74) is 2.03. The van der Waals surface area contributed by atoms with Gasteiger partial charge in [-0.15, -0.1) is 6.58 Å². The van der Waals surface area contributed by atoms with E-state index in [4.69, 9.17) is 0 Å². The molecule has 0 aromatic carbocycles. The van der Waals surface area contributed by atoms with Crippen LogP contribution in [0.3, 0.4) is 0 Å². The van der Waals surface area contributed by atoms with E-state index in [1.807, 2.05) is 6.92 Å². The fourth-order valence-electron chi connectivity index (χ4n) is 10.7. The van der Waals surface area contributed by atoms with Crippen molar-refractivity contribution in [3.8, 4) is 0 Å². The molecule has 172 valence electrons. The van der Waals surface area contributed by atoms with Gasteiger partial charge in [0.2, 0.25) is 0 Å². The molecule has 1 heteroatoms. The highest BCUT2D eigenvalue weighted by atomic mass is 16.3. The first-order chi connectivity index (χ1) is 14.2. The highest BCUT2D eigenvalue weighted by molar-refractivity contribution is 5.14. The summed E-state index contributed by atoms with van der Waals surface area (Å²) in [5.74, 6) is 4.60. The lowest BCUT2D eigenvalue weighted by Gasteiger charge is -2.68. The summed E-state index contributed by atoms with van der Waals surface area (Å²) in [6.45, 7) is 16.3. The molecule has 0 spiro atoms. The third-order valence-corrected chi connectivity index (χ3v) is 11.8. The summed E-state index contributed by atoms with van der Waals surface area (Å²) in [4.78, 5) is 0. The van der Waals surface area contributed by atoms with Gasteiger partial charge in [-0.1, -0.05) is 46.6 Å². The van der Waals surface area contributed by atoms with E-state index < -0.39 is 0 Å². The molecule has 5 fully saturated rings. The highest BCUT2D eigenvalue weighted by Crippen LogP contribution is 2.72. The van der Waals surface area contributed by atoms with Gasteiger partial charge in [0.05, 0.1) is 0 Å². The summed E-state index contributed by atoms with van der Waals surface area (Å²) in [5, 5.41) is 10.3. The molecule has 8 unspecified atom stereocenters. The first kappa shape index (κ1) is 22.9. The van der Waals surface area contributed by atoms with E-state index in [2.05, 4.69) is 34.3 Å². The molecule has 1 nitrogen and oxygen atoms in total. The standard InChI is InChI=1S/C26H44O.C3H6/c1-23(2)12-6-13-25(4)21(23)11-15-24(3)19-10-16-26(17-27)14-5-7-20(26)18(19)8-9-22(24)25;1-3-2/h18-22,27H,5-17H2,1-4H3;3H,1H2,2H3. The molecule has 0 radical (unpaired) electrons. The molecule has 0 aliphatic heterocycles. The van der Waals surface area contributed by atoms with Gasteiger partial charge in [0.1, 0.15) is 0 Å². The molecule has 1 N–H and O–H groups in total.